The third-order valence-electron chi connectivity index (χ3n) is 4.07. The smallest absolute Gasteiger partial charge is 0.361 e. The summed E-state index contributed by atoms with van der Waals surface area (Å²) in [6.45, 7) is 1.15. The number of benzene rings is 1. The number of nitrogens with one attached hydrogen (secondary N) is 1. The Kier molecular flexibility index (Phi) is 3.80. The number of aromatic nitrogens is 1. The summed E-state index contributed by atoms with van der Waals surface area (Å²) in [5.41, 5.74) is 1.76. The third-order valence-corrected chi connectivity index (χ3v) is 5.50. The third kappa shape index (κ3) is 3.16. The summed E-state index contributed by atoms with van der Waals surface area (Å²) in [7, 11) is -2.23. The summed E-state index contributed by atoms with van der Waals surface area (Å²) in [6.07, 6.45) is 1.65. The maximum Gasteiger partial charge on any atom is 0.416 e. The van der Waals surface area contributed by atoms with E-state index in [-0.39, 0.29) is 0 Å². The Morgan fingerprint density at radius 2 is 2.09 bits per heavy atom. The summed E-state index contributed by atoms with van der Waals surface area (Å²) in [5, 5.41) is 0.768. The number of aromatic amines is 1. The molecule has 1 aliphatic rings. The van der Waals surface area contributed by atoms with Gasteiger partial charge in [0.2, 0.25) is 0 Å². The van der Waals surface area contributed by atoms with Gasteiger partial charge in [-0.05, 0) is 30.0 Å². The Hall–Kier alpha value is -1.73. The van der Waals surface area contributed by atoms with Crippen LogP contribution in [0, 0.1) is 0 Å². The largest absolute Gasteiger partial charge is 0.416 e. The van der Waals surface area contributed by atoms with Gasteiger partial charge < -0.3 is 4.98 Å². The van der Waals surface area contributed by atoms with E-state index in [4.69, 9.17) is 0 Å². The molecule has 0 bridgehead atoms. The highest BCUT2D eigenvalue weighted by Gasteiger charge is 2.30. The summed E-state index contributed by atoms with van der Waals surface area (Å²) in [4.78, 5) is 2.92. The highest BCUT2D eigenvalue weighted by atomic mass is 32.2. The molecule has 1 unspecified atom stereocenters. The van der Waals surface area contributed by atoms with Crippen LogP contribution in [0.15, 0.2) is 30.5 Å². The zero-order chi connectivity index (χ0) is 16.8. The van der Waals surface area contributed by atoms with Gasteiger partial charge in [0.05, 0.1) is 5.56 Å². The fourth-order valence-corrected chi connectivity index (χ4v) is 3.68. The molecule has 1 N–H and O–H groups in total. The SMILES string of the molecule is C=S(C)(=O)N1CC=C(c2c[nH]c3cc(C(F)(F)F)ccc23)CC1. The minimum atomic E-state index is -4.35. The Morgan fingerprint density at radius 3 is 2.65 bits per heavy atom. The molecule has 1 aromatic carbocycles. The van der Waals surface area contributed by atoms with E-state index < -0.39 is 21.4 Å². The van der Waals surface area contributed by atoms with Crippen molar-refractivity contribution in [2.75, 3.05) is 19.3 Å². The molecule has 3 nitrogen and oxygen atoms in total. The number of H-pyrrole nitrogens is 1. The maximum absolute atomic E-state index is 12.8. The Labute approximate surface area is 132 Å². The van der Waals surface area contributed by atoms with Crippen LogP contribution in [0.1, 0.15) is 17.5 Å². The molecule has 0 saturated carbocycles. The van der Waals surface area contributed by atoms with Crippen molar-refractivity contribution in [3.05, 3.63) is 41.6 Å². The predicted octanol–water partition coefficient (Wildman–Crippen LogP) is 3.54. The molecule has 0 saturated heterocycles. The first-order valence-electron chi connectivity index (χ1n) is 7.11. The highest BCUT2D eigenvalue weighted by Crippen LogP contribution is 2.34. The van der Waals surface area contributed by atoms with Crippen molar-refractivity contribution in [1.82, 2.24) is 9.29 Å². The molecule has 1 atom stereocenters. The van der Waals surface area contributed by atoms with Crippen molar-refractivity contribution in [3.8, 4) is 0 Å². The standard InChI is InChI=1S/C16H17F3N2OS/c1-23(2,22)21-7-5-11(6-8-21)14-10-20-15-9-12(16(17,18)19)3-4-13(14)15/h3-5,9-10,20H,1,6-8H2,2H3. The molecular weight excluding hydrogens is 325 g/mol. The van der Waals surface area contributed by atoms with Gasteiger partial charge in [0.25, 0.3) is 0 Å². The average molecular weight is 342 g/mol. The summed E-state index contributed by atoms with van der Waals surface area (Å²) >= 11 is 0. The van der Waals surface area contributed by atoms with Gasteiger partial charge >= 0.3 is 6.18 Å². The van der Waals surface area contributed by atoms with Gasteiger partial charge in [0.1, 0.15) is 0 Å². The maximum atomic E-state index is 12.8. The van der Waals surface area contributed by atoms with Crippen LogP contribution in [0.5, 0.6) is 0 Å². The predicted molar refractivity (Wildman–Crippen MR) is 88.7 cm³/mol. The molecule has 7 heteroatoms. The van der Waals surface area contributed by atoms with E-state index in [1.165, 1.54) is 6.07 Å². The first-order valence-corrected chi connectivity index (χ1v) is 9.20. The van der Waals surface area contributed by atoms with Crippen LogP contribution in [0.25, 0.3) is 16.5 Å². The van der Waals surface area contributed by atoms with Gasteiger partial charge in [-0.2, -0.15) is 13.2 Å². The zero-order valence-electron chi connectivity index (χ0n) is 12.6. The fraction of sp³-hybridized carbons (Fsp3) is 0.312. The summed E-state index contributed by atoms with van der Waals surface area (Å²) in [5.74, 6) is 3.68. The van der Waals surface area contributed by atoms with E-state index in [1.54, 1.807) is 12.5 Å². The molecule has 124 valence electrons. The van der Waals surface area contributed by atoms with Crippen LogP contribution in [0.3, 0.4) is 0 Å². The molecule has 3 rings (SSSR count). The van der Waals surface area contributed by atoms with Crippen LogP contribution >= 0.6 is 0 Å². The average Bonchev–Trinajstić information content (AvgIpc) is 2.88. The lowest BCUT2D eigenvalue weighted by molar-refractivity contribution is -0.137. The molecule has 0 fully saturated rings. The molecule has 0 aliphatic carbocycles. The minimum Gasteiger partial charge on any atom is -0.361 e. The van der Waals surface area contributed by atoms with E-state index in [0.29, 0.717) is 25.0 Å². The summed E-state index contributed by atoms with van der Waals surface area (Å²) in [6, 6.07) is 3.73. The van der Waals surface area contributed by atoms with E-state index in [9.17, 15) is 17.4 Å². The quantitative estimate of drug-likeness (QED) is 0.833. The lowest BCUT2D eigenvalue weighted by atomic mass is 9.99. The van der Waals surface area contributed by atoms with E-state index in [0.717, 1.165) is 28.7 Å². The lowest BCUT2D eigenvalue weighted by Crippen LogP contribution is -2.33. The fourth-order valence-electron chi connectivity index (χ4n) is 2.81. The molecule has 0 radical (unpaired) electrons. The van der Waals surface area contributed by atoms with E-state index in [2.05, 4.69) is 10.9 Å². The molecule has 2 heterocycles. The van der Waals surface area contributed by atoms with Gasteiger partial charge in [-0.3, -0.25) is 4.21 Å². The van der Waals surface area contributed by atoms with E-state index >= 15 is 0 Å². The van der Waals surface area contributed by atoms with Crippen molar-refractivity contribution >= 4 is 32.1 Å². The van der Waals surface area contributed by atoms with Gasteiger partial charge in [-0.1, -0.05) is 12.1 Å². The molecule has 2 aromatic rings. The van der Waals surface area contributed by atoms with Gasteiger partial charge in [-0.25, -0.2) is 4.31 Å². The van der Waals surface area contributed by atoms with Crippen LogP contribution < -0.4 is 0 Å². The first-order chi connectivity index (χ1) is 10.7. The Morgan fingerprint density at radius 1 is 1.35 bits per heavy atom. The van der Waals surface area contributed by atoms with Crippen molar-refractivity contribution in [2.24, 2.45) is 0 Å². The molecule has 23 heavy (non-hydrogen) atoms. The number of nitrogens with zero attached hydrogens (tertiary/aromatic N) is 1. The van der Waals surface area contributed by atoms with Crippen molar-refractivity contribution < 1.29 is 17.4 Å². The van der Waals surface area contributed by atoms with Gasteiger partial charge in [-0.15, -0.1) is 0 Å². The van der Waals surface area contributed by atoms with Crippen LogP contribution in [-0.4, -0.2) is 38.7 Å². The van der Waals surface area contributed by atoms with Crippen LogP contribution in [-0.2, 0) is 15.9 Å². The normalized spacial score (nSPS) is 19.6. The van der Waals surface area contributed by atoms with Gasteiger partial charge in [0, 0.05) is 51.7 Å². The lowest BCUT2D eigenvalue weighted by Gasteiger charge is -2.27. The number of rotatable bonds is 2. The monoisotopic (exact) mass is 342 g/mol. The number of fused-ring (bicyclic) bond motifs is 1. The second-order valence-electron chi connectivity index (χ2n) is 5.79. The Balaban J connectivity index is 1.95. The molecule has 1 aromatic heterocycles. The first kappa shape index (κ1) is 16.1. The van der Waals surface area contributed by atoms with Crippen molar-refractivity contribution in [2.45, 2.75) is 12.6 Å². The number of halogens is 3. The second kappa shape index (κ2) is 5.42. The highest BCUT2D eigenvalue weighted by molar-refractivity contribution is 7.97. The topological polar surface area (TPSA) is 36.1 Å². The van der Waals surface area contributed by atoms with E-state index in [1.807, 2.05) is 10.4 Å². The molecule has 1 aliphatic heterocycles. The van der Waals surface area contributed by atoms with Gasteiger partial charge in [0.15, 0.2) is 0 Å². The van der Waals surface area contributed by atoms with Crippen molar-refractivity contribution in [3.63, 3.8) is 0 Å². The number of hydrogen-bond donors (Lipinski definition) is 1. The number of hydrogen-bond acceptors (Lipinski definition) is 1. The summed E-state index contributed by atoms with van der Waals surface area (Å²) < 4.78 is 52.1. The molecule has 0 amide bonds. The van der Waals surface area contributed by atoms with Crippen LogP contribution in [0.4, 0.5) is 13.2 Å². The molecule has 0 spiro atoms. The second-order valence-corrected chi connectivity index (χ2v) is 8.22. The number of alkyl halides is 3. The molecular formula is C16H17F3N2OS. The minimum absolute atomic E-state index is 0.467. The van der Waals surface area contributed by atoms with Crippen LogP contribution in [0.2, 0.25) is 0 Å². The zero-order valence-corrected chi connectivity index (χ0v) is 13.4. The Bertz CT molecular complexity index is 878. The van der Waals surface area contributed by atoms with Crippen molar-refractivity contribution in [1.29, 1.82) is 0 Å².